The minimum Gasteiger partial charge on any atom is -0.497 e. The van der Waals surface area contributed by atoms with Gasteiger partial charge in [0.1, 0.15) is 5.75 Å². The van der Waals surface area contributed by atoms with Gasteiger partial charge >= 0.3 is 0 Å². The van der Waals surface area contributed by atoms with Gasteiger partial charge in [-0.05, 0) is 42.5 Å². The summed E-state index contributed by atoms with van der Waals surface area (Å²) < 4.78 is 5.83. The third-order valence-corrected chi connectivity index (χ3v) is 6.85. The molecular weight excluding hydrogens is 460 g/mol. The molecule has 0 aliphatic rings. The zero-order chi connectivity index (χ0) is 23.2. The summed E-state index contributed by atoms with van der Waals surface area (Å²) in [6.45, 7) is 0.273. The van der Waals surface area contributed by atoms with E-state index in [1.807, 2.05) is 42.5 Å². The summed E-state index contributed by atoms with van der Waals surface area (Å²) in [5.41, 5.74) is 1.35. The Balaban J connectivity index is 1.53. The van der Waals surface area contributed by atoms with Crippen molar-refractivity contribution >= 4 is 50.0 Å². The Bertz CT molecular complexity index is 1260. The molecule has 2 heterocycles. The van der Waals surface area contributed by atoms with Gasteiger partial charge in [0, 0.05) is 35.4 Å². The Kier molecular flexibility index (Phi) is 7.16. The highest BCUT2D eigenvalue weighted by Gasteiger charge is 2.21. The van der Waals surface area contributed by atoms with Crippen LogP contribution >= 0.6 is 23.1 Å². The van der Waals surface area contributed by atoms with E-state index in [4.69, 9.17) is 4.74 Å². The molecule has 33 heavy (non-hydrogen) atoms. The van der Waals surface area contributed by atoms with Crippen LogP contribution in [-0.4, -0.2) is 33.7 Å². The van der Waals surface area contributed by atoms with Crippen molar-refractivity contribution in [2.24, 2.45) is 0 Å². The van der Waals surface area contributed by atoms with Crippen molar-refractivity contribution in [3.63, 3.8) is 0 Å². The van der Waals surface area contributed by atoms with Gasteiger partial charge in [-0.2, -0.15) is 0 Å². The van der Waals surface area contributed by atoms with Crippen molar-refractivity contribution < 1.29 is 14.5 Å². The maximum absolute atomic E-state index is 13.2. The highest BCUT2D eigenvalue weighted by molar-refractivity contribution is 7.99. The fraction of sp³-hybridized carbons (Fsp3) is 0.174. The van der Waals surface area contributed by atoms with Crippen molar-refractivity contribution in [1.29, 1.82) is 0 Å². The van der Waals surface area contributed by atoms with E-state index in [9.17, 15) is 14.9 Å². The maximum Gasteiger partial charge on any atom is 0.270 e. The van der Waals surface area contributed by atoms with Gasteiger partial charge in [-0.1, -0.05) is 17.4 Å². The summed E-state index contributed by atoms with van der Waals surface area (Å²) in [5, 5.41) is 11.6. The number of carbonyl (C=O) groups excluding carboxylic acids is 1. The first-order valence-electron chi connectivity index (χ1n) is 10.1. The molecule has 4 aromatic rings. The number of aromatic nitrogens is 2. The van der Waals surface area contributed by atoms with Crippen LogP contribution in [0, 0.1) is 10.1 Å². The van der Waals surface area contributed by atoms with Crippen LogP contribution in [-0.2, 0) is 11.3 Å². The van der Waals surface area contributed by atoms with Crippen LogP contribution in [0.4, 0.5) is 10.8 Å². The quantitative estimate of drug-likeness (QED) is 0.181. The van der Waals surface area contributed by atoms with E-state index < -0.39 is 4.92 Å². The molecule has 0 spiro atoms. The van der Waals surface area contributed by atoms with Crippen LogP contribution in [0.2, 0.25) is 0 Å². The first-order chi connectivity index (χ1) is 16.0. The van der Waals surface area contributed by atoms with Gasteiger partial charge in [0.2, 0.25) is 5.91 Å². The lowest BCUT2D eigenvalue weighted by molar-refractivity contribution is -0.384. The van der Waals surface area contributed by atoms with E-state index in [-0.39, 0.29) is 18.1 Å². The van der Waals surface area contributed by atoms with Gasteiger partial charge in [0.05, 0.1) is 34.5 Å². The first-order valence-corrected chi connectivity index (χ1v) is 11.9. The molecule has 0 atom stereocenters. The molecule has 8 nitrogen and oxygen atoms in total. The number of thioether (sulfide) groups is 1. The average molecular weight is 481 g/mol. The largest absolute Gasteiger partial charge is 0.497 e. The van der Waals surface area contributed by atoms with E-state index in [0.717, 1.165) is 16.3 Å². The molecule has 0 saturated heterocycles. The lowest BCUT2D eigenvalue weighted by Crippen LogP contribution is -2.30. The number of rotatable bonds is 9. The van der Waals surface area contributed by atoms with Crippen molar-refractivity contribution in [2.45, 2.75) is 17.9 Å². The SMILES string of the molecule is COc1ccc(SCCC(=O)N(Cc2ccccn2)c2nc3ccc([N+](=O)[O-])cc3s2)cc1. The smallest absolute Gasteiger partial charge is 0.270 e. The molecule has 4 rings (SSSR count). The number of thiazole rings is 1. The predicted molar refractivity (Wildman–Crippen MR) is 130 cm³/mol. The number of pyridine rings is 1. The van der Waals surface area contributed by atoms with E-state index in [0.29, 0.717) is 27.5 Å². The number of nitro benzene ring substituents is 1. The summed E-state index contributed by atoms with van der Waals surface area (Å²) in [6, 6.07) is 17.7. The summed E-state index contributed by atoms with van der Waals surface area (Å²) in [4.78, 5) is 35.4. The van der Waals surface area contributed by atoms with Crippen molar-refractivity contribution in [1.82, 2.24) is 9.97 Å². The Labute approximate surface area is 198 Å². The zero-order valence-electron chi connectivity index (χ0n) is 17.7. The monoisotopic (exact) mass is 480 g/mol. The minimum atomic E-state index is -0.438. The van der Waals surface area contributed by atoms with Crippen LogP contribution in [0.15, 0.2) is 71.8 Å². The molecule has 10 heteroatoms. The van der Waals surface area contributed by atoms with E-state index in [2.05, 4.69) is 9.97 Å². The molecule has 168 valence electrons. The minimum absolute atomic E-state index is 0.00352. The van der Waals surface area contributed by atoms with Gasteiger partial charge in [-0.3, -0.25) is 24.8 Å². The molecule has 0 radical (unpaired) electrons. The molecule has 0 saturated carbocycles. The van der Waals surface area contributed by atoms with Gasteiger partial charge in [-0.25, -0.2) is 4.98 Å². The number of amides is 1. The van der Waals surface area contributed by atoms with E-state index in [1.165, 1.54) is 23.5 Å². The molecular formula is C23H20N4O4S2. The second-order valence-corrected chi connectivity index (χ2v) is 9.16. The number of methoxy groups -OCH3 is 1. The standard InChI is InChI=1S/C23H20N4O4S2/c1-31-18-6-8-19(9-7-18)32-13-11-22(28)26(15-16-4-2-3-12-24-16)23-25-20-10-5-17(27(29)30)14-21(20)33-23/h2-10,12,14H,11,13,15H2,1H3. The lowest BCUT2D eigenvalue weighted by atomic mass is 10.3. The first kappa shape index (κ1) is 22.7. The molecule has 1 amide bonds. The summed E-state index contributed by atoms with van der Waals surface area (Å²) in [7, 11) is 1.62. The topological polar surface area (TPSA) is 98.5 Å². The Morgan fingerprint density at radius 3 is 2.70 bits per heavy atom. The highest BCUT2D eigenvalue weighted by atomic mass is 32.2. The number of fused-ring (bicyclic) bond motifs is 1. The second kappa shape index (κ2) is 10.4. The van der Waals surface area contributed by atoms with Gasteiger partial charge < -0.3 is 4.74 Å². The number of hydrogen-bond acceptors (Lipinski definition) is 8. The number of ether oxygens (including phenoxy) is 1. The third-order valence-electron chi connectivity index (χ3n) is 4.79. The Morgan fingerprint density at radius 1 is 1.18 bits per heavy atom. The third kappa shape index (κ3) is 5.65. The maximum atomic E-state index is 13.2. The number of non-ortho nitro benzene ring substituents is 1. The fourth-order valence-electron chi connectivity index (χ4n) is 3.11. The van der Waals surface area contributed by atoms with Crippen LogP contribution in [0.25, 0.3) is 10.2 Å². The van der Waals surface area contributed by atoms with Gasteiger partial charge in [0.15, 0.2) is 5.13 Å². The van der Waals surface area contributed by atoms with E-state index in [1.54, 1.807) is 36.0 Å². The molecule has 0 fully saturated rings. The summed E-state index contributed by atoms with van der Waals surface area (Å²) in [6.07, 6.45) is 1.98. The molecule has 0 N–H and O–H groups in total. The summed E-state index contributed by atoms with van der Waals surface area (Å²) in [5.74, 6) is 1.29. The number of hydrogen-bond donors (Lipinski definition) is 0. The van der Waals surface area contributed by atoms with Gasteiger partial charge in [0.25, 0.3) is 5.69 Å². The molecule has 2 aromatic carbocycles. The van der Waals surface area contributed by atoms with Crippen molar-refractivity contribution in [3.05, 3.63) is 82.7 Å². The second-order valence-electron chi connectivity index (χ2n) is 6.98. The Morgan fingerprint density at radius 2 is 2.00 bits per heavy atom. The molecule has 0 aliphatic heterocycles. The number of nitrogens with zero attached hydrogens (tertiary/aromatic N) is 4. The fourth-order valence-corrected chi connectivity index (χ4v) is 4.97. The predicted octanol–water partition coefficient (Wildman–Crippen LogP) is 5.32. The summed E-state index contributed by atoms with van der Waals surface area (Å²) >= 11 is 2.85. The molecule has 2 aromatic heterocycles. The molecule has 0 bridgehead atoms. The number of anilines is 1. The van der Waals surface area contributed by atoms with Crippen LogP contribution in [0.5, 0.6) is 5.75 Å². The molecule has 0 aliphatic carbocycles. The molecule has 0 unspecified atom stereocenters. The number of carbonyl (C=O) groups is 1. The van der Waals surface area contributed by atoms with Crippen LogP contribution in [0.3, 0.4) is 0 Å². The zero-order valence-corrected chi connectivity index (χ0v) is 19.3. The number of nitro groups is 1. The van der Waals surface area contributed by atoms with Gasteiger partial charge in [-0.15, -0.1) is 11.8 Å². The van der Waals surface area contributed by atoms with Crippen molar-refractivity contribution in [3.8, 4) is 5.75 Å². The lowest BCUT2D eigenvalue weighted by Gasteiger charge is -2.19. The van der Waals surface area contributed by atoms with Crippen LogP contribution < -0.4 is 9.64 Å². The van der Waals surface area contributed by atoms with Crippen molar-refractivity contribution in [2.75, 3.05) is 17.8 Å². The normalized spacial score (nSPS) is 10.8. The number of benzene rings is 2. The van der Waals surface area contributed by atoms with Crippen LogP contribution in [0.1, 0.15) is 12.1 Å². The highest BCUT2D eigenvalue weighted by Crippen LogP contribution is 2.33. The van der Waals surface area contributed by atoms with E-state index >= 15 is 0 Å². The Hall–Kier alpha value is -3.50. The average Bonchev–Trinajstić information content (AvgIpc) is 3.26.